The van der Waals surface area contributed by atoms with Crippen LogP contribution in [0.4, 0.5) is 4.79 Å². The molecule has 1 aliphatic rings. The number of carbonyl (C=O) groups excluding carboxylic acids is 2. The second kappa shape index (κ2) is 6.71. The summed E-state index contributed by atoms with van der Waals surface area (Å²) in [5.74, 6) is 0.0218. The molecule has 1 atom stereocenters. The van der Waals surface area contributed by atoms with Gasteiger partial charge in [0.1, 0.15) is 6.10 Å². The Bertz CT molecular complexity index is 765. The van der Waals surface area contributed by atoms with E-state index in [0.717, 1.165) is 16.7 Å². The predicted molar refractivity (Wildman–Crippen MR) is 92.6 cm³/mol. The van der Waals surface area contributed by atoms with Gasteiger partial charge in [0.2, 0.25) is 0 Å². The standard InChI is InChI=1S/C20H19NO3/c1-14(17-8-10-18(11-9-17)15(2)22)19-13-21(20(23)24-19)12-16-6-4-3-5-7-16/h3-11,19H,1,12-13H2,2H3. The minimum absolute atomic E-state index is 0.0218. The SMILES string of the molecule is C=C(c1ccc(C(C)=O)cc1)C1CN(Cc2ccccc2)C(=O)O1. The third-order valence-corrected chi connectivity index (χ3v) is 4.15. The van der Waals surface area contributed by atoms with Crippen molar-refractivity contribution in [3.05, 3.63) is 77.9 Å². The van der Waals surface area contributed by atoms with Crippen LogP contribution in [0.25, 0.3) is 5.57 Å². The van der Waals surface area contributed by atoms with Gasteiger partial charge in [-0.3, -0.25) is 9.69 Å². The Morgan fingerprint density at radius 2 is 1.75 bits per heavy atom. The molecular formula is C20H19NO3. The van der Waals surface area contributed by atoms with Gasteiger partial charge < -0.3 is 4.74 Å². The fourth-order valence-corrected chi connectivity index (χ4v) is 2.73. The number of ketones is 1. The fraction of sp³-hybridized carbons (Fsp3) is 0.200. The highest BCUT2D eigenvalue weighted by atomic mass is 16.6. The van der Waals surface area contributed by atoms with E-state index in [4.69, 9.17) is 4.74 Å². The summed E-state index contributed by atoms with van der Waals surface area (Å²) in [4.78, 5) is 25.1. The molecule has 2 aromatic carbocycles. The number of cyclic esters (lactones) is 1. The Labute approximate surface area is 141 Å². The first-order valence-electron chi connectivity index (χ1n) is 7.84. The van der Waals surface area contributed by atoms with Crippen molar-refractivity contribution in [1.29, 1.82) is 0 Å². The second-order valence-electron chi connectivity index (χ2n) is 5.90. The molecule has 0 radical (unpaired) electrons. The molecule has 4 heteroatoms. The zero-order chi connectivity index (χ0) is 17.1. The molecule has 122 valence electrons. The summed E-state index contributed by atoms with van der Waals surface area (Å²) in [5, 5.41) is 0. The van der Waals surface area contributed by atoms with Crippen molar-refractivity contribution in [2.45, 2.75) is 19.6 Å². The van der Waals surface area contributed by atoms with Crippen molar-refractivity contribution in [3.8, 4) is 0 Å². The molecule has 0 N–H and O–H groups in total. The quantitative estimate of drug-likeness (QED) is 0.784. The molecule has 0 saturated carbocycles. The number of amides is 1. The molecule has 0 bridgehead atoms. The average molecular weight is 321 g/mol. The van der Waals surface area contributed by atoms with Gasteiger partial charge >= 0.3 is 6.09 Å². The van der Waals surface area contributed by atoms with Gasteiger partial charge in [0.05, 0.1) is 6.54 Å². The van der Waals surface area contributed by atoms with E-state index < -0.39 is 0 Å². The first-order chi connectivity index (χ1) is 11.5. The minimum Gasteiger partial charge on any atom is -0.439 e. The first-order valence-corrected chi connectivity index (χ1v) is 7.84. The van der Waals surface area contributed by atoms with Crippen LogP contribution >= 0.6 is 0 Å². The van der Waals surface area contributed by atoms with E-state index in [-0.39, 0.29) is 18.0 Å². The van der Waals surface area contributed by atoms with E-state index in [1.54, 1.807) is 17.0 Å². The maximum Gasteiger partial charge on any atom is 0.410 e. The molecular weight excluding hydrogens is 302 g/mol. The number of Topliss-reactive ketones (excluding diaryl/α,β-unsaturated/α-hetero) is 1. The van der Waals surface area contributed by atoms with Crippen molar-refractivity contribution < 1.29 is 14.3 Å². The van der Waals surface area contributed by atoms with Crippen molar-refractivity contribution in [2.24, 2.45) is 0 Å². The third-order valence-electron chi connectivity index (χ3n) is 4.15. The molecule has 1 fully saturated rings. The fourth-order valence-electron chi connectivity index (χ4n) is 2.73. The molecule has 4 nitrogen and oxygen atoms in total. The lowest BCUT2D eigenvalue weighted by atomic mass is 10.00. The molecule has 1 unspecified atom stereocenters. The summed E-state index contributed by atoms with van der Waals surface area (Å²) < 4.78 is 5.46. The van der Waals surface area contributed by atoms with Crippen LogP contribution < -0.4 is 0 Å². The lowest BCUT2D eigenvalue weighted by Gasteiger charge is -2.14. The molecule has 3 rings (SSSR count). The maximum atomic E-state index is 12.1. The van der Waals surface area contributed by atoms with Crippen LogP contribution in [0.5, 0.6) is 0 Å². The average Bonchev–Trinajstić information content (AvgIpc) is 2.96. The van der Waals surface area contributed by atoms with Gasteiger partial charge in [0, 0.05) is 12.1 Å². The molecule has 1 aliphatic heterocycles. The van der Waals surface area contributed by atoms with E-state index in [1.807, 2.05) is 42.5 Å². The van der Waals surface area contributed by atoms with E-state index in [0.29, 0.717) is 18.7 Å². The number of rotatable bonds is 5. The smallest absolute Gasteiger partial charge is 0.410 e. The van der Waals surface area contributed by atoms with Crippen LogP contribution in [0.15, 0.2) is 61.2 Å². The lowest BCUT2D eigenvalue weighted by molar-refractivity contribution is 0.101. The summed E-state index contributed by atoms with van der Waals surface area (Å²) in [6.45, 7) is 6.59. The second-order valence-corrected chi connectivity index (χ2v) is 5.90. The van der Waals surface area contributed by atoms with Gasteiger partial charge in [0.15, 0.2) is 5.78 Å². The highest BCUT2D eigenvalue weighted by Gasteiger charge is 2.33. The van der Waals surface area contributed by atoms with Crippen LogP contribution in [0.3, 0.4) is 0 Å². The predicted octanol–water partition coefficient (Wildman–Crippen LogP) is 3.92. The van der Waals surface area contributed by atoms with Crippen LogP contribution in [-0.4, -0.2) is 29.4 Å². The van der Waals surface area contributed by atoms with E-state index in [1.165, 1.54) is 6.92 Å². The van der Waals surface area contributed by atoms with Gasteiger partial charge in [-0.25, -0.2) is 4.79 Å². The van der Waals surface area contributed by atoms with Crippen LogP contribution in [0, 0.1) is 0 Å². The van der Waals surface area contributed by atoms with Gasteiger partial charge in [-0.05, 0) is 23.6 Å². The summed E-state index contributed by atoms with van der Waals surface area (Å²) >= 11 is 0. The zero-order valence-electron chi connectivity index (χ0n) is 13.6. The van der Waals surface area contributed by atoms with Gasteiger partial charge in [0.25, 0.3) is 0 Å². The van der Waals surface area contributed by atoms with E-state index in [2.05, 4.69) is 6.58 Å². The third kappa shape index (κ3) is 3.38. The zero-order valence-corrected chi connectivity index (χ0v) is 13.6. The molecule has 24 heavy (non-hydrogen) atoms. The Morgan fingerprint density at radius 1 is 1.12 bits per heavy atom. The van der Waals surface area contributed by atoms with Crippen LogP contribution in [0.1, 0.15) is 28.4 Å². The number of carbonyl (C=O) groups is 2. The molecule has 0 aliphatic carbocycles. The monoisotopic (exact) mass is 321 g/mol. The number of hydrogen-bond donors (Lipinski definition) is 0. The van der Waals surface area contributed by atoms with Crippen molar-refractivity contribution in [3.63, 3.8) is 0 Å². The van der Waals surface area contributed by atoms with Crippen LogP contribution in [-0.2, 0) is 11.3 Å². The van der Waals surface area contributed by atoms with E-state index in [9.17, 15) is 9.59 Å². The number of benzene rings is 2. The number of hydrogen-bond acceptors (Lipinski definition) is 3. The number of nitrogens with zero attached hydrogens (tertiary/aromatic N) is 1. The lowest BCUT2D eigenvalue weighted by Crippen LogP contribution is -2.24. The summed E-state index contributed by atoms with van der Waals surface area (Å²) in [6, 6.07) is 17.0. The van der Waals surface area contributed by atoms with Crippen molar-refractivity contribution in [2.75, 3.05) is 6.54 Å². The Hall–Kier alpha value is -2.88. The molecule has 1 heterocycles. The van der Waals surface area contributed by atoms with Gasteiger partial charge in [-0.15, -0.1) is 0 Å². The number of ether oxygens (including phenoxy) is 1. The Balaban J connectivity index is 1.68. The highest BCUT2D eigenvalue weighted by molar-refractivity contribution is 5.94. The molecule has 0 spiro atoms. The molecule has 2 aromatic rings. The van der Waals surface area contributed by atoms with E-state index >= 15 is 0 Å². The van der Waals surface area contributed by atoms with Gasteiger partial charge in [-0.2, -0.15) is 0 Å². The summed E-state index contributed by atoms with van der Waals surface area (Å²) in [6.07, 6.45) is -0.699. The van der Waals surface area contributed by atoms with Crippen molar-refractivity contribution >= 4 is 17.4 Å². The minimum atomic E-state index is -0.371. The normalized spacial score (nSPS) is 16.8. The molecule has 1 saturated heterocycles. The topological polar surface area (TPSA) is 46.6 Å². The highest BCUT2D eigenvalue weighted by Crippen LogP contribution is 2.26. The van der Waals surface area contributed by atoms with Crippen LogP contribution in [0.2, 0.25) is 0 Å². The first kappa shape index (κ1) is 16.0. The molecule has 0 aromatic heterocycles. The maximum absolute atomic E-state index is 12.1. The Kier molecular flexibility index (Phi) is 4.47. The van der Waals surface area contributed by atoms with Crippen molar-refractivity contribution in [1.82, 2.24) is 4.90 Å². The molecule has 1 amide bonds. The summed E-state index contributed by atoms with van der Waals surface area (Å²) in [5.41, 5.74) is 3.33. The van der Waals surface area contributed by atoms with Gasteiger partial charge in [-0.1, -0.05) is 61.2 Å². The summed E-state index contributed by atoms with van der Waals surface area (Å²) in [7, 11) is 0. The largest absolute Gasteiger partial charge is 0.439 e. The Morgan fingerprint density at radius 3 is 2.38 bits per heavy atom.